The zero-order valence-corrected chi connectivity index (χ0v) is 27.7. The van der Waals surface area contributed by atoms with E-state index in [0.717, 1.165) is 45.0 Å². The monoisotopic (exact) mass is 769 g/mol. The van der Waals surface area contributed by atoms with Gasteiger partial charge >= 0.3 is 0 Å². The molecule has 0 amide bonds. The van der Waals surface area contributed by atoms with Crippen molar-refractivity contribution in [2.75, 3.05) is 9.80 Å². The summed E-state index contributed by atoms with van der Waals surface area (Å²) in [4.78, 5) is 14.1. The van der Waals surface area contributed by atoms with E-state index in [2.05, 4.69) is 109 Å². The van der Waals surface area contributed by atoms with Gasteiger partial charge in [-0.25, -0.2) is 9.97 Å². The predicted octanol–water partition coefficient (Wildman–Crippen LogP) is 8.89. The van der Waals surface area contributed by atoms with E-state index in [1.165, 1.54) is 30.5 Å². The molecule has 0 unspecified atom stereocenters. The van der Waals surface area contributed by atoms with Crippen LogP contribution in [0.3, 0.4) is 0 Å². The van der Waals surface area contributed by atoms with Gasteiger partial charge in [-0.1, -0.05) is 50.2 Å². The molecule has 4 heterocycles. The first-order valence-electron chi connectivity index (χ1n) is 15.4. The van der Waals surface area contributed by atoms with Crippen LogP contribution in [0.4, 0.5) is 17.2 Å². The minimum atomic E-state index is 0. The van der Waals surface area contributed by atoms with Crippen molar-refractivity contribution in [3.63, 3.8) is 0 Å². The molecule has 0 atom stereocenters. The first-order chi connectivity index (χ1) is 21.4. The van der Waals surface area contributed by atoms with Crippen molar-refractivity contribution in [1.29, 1.82) is 0 Å². The van der Waals surface area contributed by atoms with E-state index in [1.54, 1.807) is 0 Å². The summed E-state index contributed by atoms with van der Waals surface area (Å²) in [5, 5.41) is 2.27. The van der Waals surface area contributed by atoms with E-state index in [-0.39, 0.29) is 32.0 Å². The first-order valence-corrected chi connectivity index (χ1v) is 15.4. The smallest absolute Gasteiger partial charge is 0.135 e. The first kappa shape index (κ1) is 28.3. The molecule has 3 aromatic heterocycles. The molecule has 4 aliphatic rings. The molecule has 228 valence electrons. The number of nitrogens with zero attached hydrogens (tertiary/aromatic N) is 5. The van der Waals surface area contributed by atoms with Crippen LogP contribution < -0.4 is 14.5 Å². The van der Waals surface area contributed by atoms with Crippen molar-refractivity contribution in [3.8, 4) is 17.3 Å². The molecule has 1 aliphatic heterocycles. The van der Waals surface area contributed by atoms with E-state index in [9.17, 15) is 0 Å². The van der Waals surface area contributed by atoms with Crippen LogP contribution in [0.2, 0.25) is 0 Å². The fourth-order valence-corrected chi connectivity index (χ4v) is 7.21. The maximum Gasteiger partial charge on any atom is 0.135 e. The second-order valence-electron chi connectivity index (χ2n) is 13.5. The topological polar surface area (TPSA) is 46.4 Å². The summed E-state index contributed by atoms with van der Waals surface area (Å²) in [6.45, 7) is 8.88. The minimum absolute atomic E-state index is 0. The van der Waals surface area contributed by atoms with Crippen molar-refractivity contribution >= 4 is 39.0 Å². The molecular formula is C38H32N5OPt-3. The van der Waals surface area contributed by atoms with Gasteiger partial charge in [0, 0.05) is 56.0 Å². The van der Waals surface area contributed by atoms with Crippen LogP contribution in [-0.2, 0) is 26.5 Å². The fourth-order valence-electron chi connectivity index (χ4n) is 7.21. The third-order valence-electron chi connectivity index (χ3n) is 9.63. The van der Waals surface area contributed by atoms with Gasteiger partial charge in [0.2, 0.25) is 0 Å². The second-order valence-corrected chi connectivity index (χ2v) is 13.5. The third kappa shape index (κ3) is 4.40. The van der Waals surface area contributed by atoms with E-state index < -0.39 is 0 Å². The molecule has 45 heavy (non-hydrogen) atoms. The third-order valence-corrected chi connectivity index (χ3v) is 9.63. The van der Waals surface area contributed by atoms with Crippen LogP contribution in [-0.4, -0.2) is 20.1 Å². The average molecular weight is 770 g/mol. The van der Waals surface area contributed by atoms with Gasteiger partial charge in [0.15, 0.2) is 0 Å². The van der Waals surface area contributed by atoms with Crippen molar-refractivity contribution < 1.29 is 25.8 Å². The van der Waals surface area contributed by atoms with Gasteiger partial charge in [-0.05, 0) is 71.9 Å². The molecule has 3 aliphatic carbocycles. The molecule has 2 bridgehead atoms. The molecule has 0 spiro atoms. The summed E-state index contributed by atoms with van der Waals surface area (Å²) < 4.78 is 8.64. The van der Waals surface area contributed by atoms with Gasteiger partial charge in [-0.15, -0.1) is 42.4 Å². The zero-order chi connectivity index (χ0) is 29.6. The molecule has 0 radical (unpaired) electrons. The molecule has 6 nitrogen and oxygen atoms in total. The number of hydrogen-bond acceptors (Lipinski definition) is 5. The molecule has 0 saturated heterocycles. The van der Waals surface area contributed by atoms with Crippen LogP contribution >= 0.6 is 0 Å². The number of hydrogen-bond donors (Lipinski definition) is 0. The normalized spacial score (nSPS) is 20.0. The molecule has 0 N–H and O–H groups in total. The summed E-state index contributed by atoms with van der Waals surface area (Å²) in [6, 6.07) is 34.1. The van der Waals surface area contributed by atoms with E-state index in [4.69, 9.17) is 14.7 Å². The van der Waals surface area contributed by atoms with Gasteiger partial charge < -0.3 is 19.1 Å². The number of anilines is 3. The molecule has 7 heteroatoms. The average Bonchev–Trinajstić information content (AvgIpc) is 3.52. The standard InChI is InChI=1S/C38H32N5O.Pt/c1-37(2,3)26-15-17-39-35(18-26)43-32-11-5-4-10-30(32)31-14-13-29(20-34(31)43)44-28-9-6-8-27(19-28)41-24-42(38-21-25(22-38)23-38)33-12-7-16-40-36(33)41;/h4-18,24-25H,21-23H2,1-3H3;/q-3;. The molecule has 3 aromatic carbocycles. The van der Waals surface area contributed by atoms with Gasteiger partial charge in [0.25, 0.3) is 0 Å². The number of fused-ring (bicyclic) bond motifs is 4. The number of para-hydroxylation sites is 1. The Balaban J connectivity index is 0.00000300. The predicted molar refractivity (Wildman–Crippen MR) is 175 cm³/mol. The summed E-state index contributed by atoms with van der Waals surface area (Å²) in [6.07, 6.45) is 7.56. The molecule has 6 aromatic rings. The maximum atomic E-state index is 6.45. The van der Waals surface area contributed by atoms with Crippen molar-refractivity contribution in [2.24, 2.45) is 5.92 Å². The number of rotatable bonds is 5. The number of aromatic nitrogens is 3. The molecule has 10 rings (SSSR count). The van der Waals surface area contributed by atoms with Crippen LogP contribution in [0.15, 0.2) is 91.3 Å². The van der Waals surface area contributed by atoms with Crippen LogP contribution in [0.25, 0.3) is 27.6 Å². The quantitative estimate of drug-likeness (QED) is 0.164. The molecule has 3 saturated carbocycles. The zero-order valence-electron chi connectivity index (χ0n) is 25.4. The Labute approximate surface area is 277 Å². The second kappa shape index (κ2) is 10.2. The fraction of sp³-hybridized carbons (Fsp3) is 0.237. The van der Waals surface area contributed by atoms with Gasteiger partial charge in [-0.2, -0.15) is 12.1 Å². The van der Waals surface area contributed by atoms with Crippen molar-refractivity contribution in [1.82, 2.24) is 14.5 Å². The Morgan fingerprint density at radius 3 is 2.47 bits per heavy atom. The number of ether oxygens (including phenoxy) is 1. The van der Waals surface area contributed by atoms with E-state index >= 15 is 0 Å². The summed E-state index contributed by atoms with van der Waals surface area (Å²) in [5.41, 5.74) is 5.58. The SMILES string of the molecule is CC(C)(C)c1ccnc(-n2c3[c-]c(Oc4[c-]c(N5[CH-]N(C67CC(C6)C7)c6cccnc65)ccc4)ccc3c3ccccc32)c1.[Pt]. The van der Waals surface area contributed by atoms with Crippen LogP contribution in [0, 0.1) is 24.7 Å². The van der Waals surface area contributed by atoms with Gasteiger partial charge in [-0.3, -0.25) is 0 Å². The Kier molecular flexibility index (Phi) is 6.41. The largest absolute Gasteiger partial charge is 0.509 e. The van der Waals surface area contributed by atoms with Crippen LogP contribution in [0.5, 0.6) is 11.5 Å². The number of pyridine rings is 2. The van der Waals surface area contributed by atoms with Gasteiger partial charge in [0.05, 0.1) is 5.69 Å². The minimum Gasteiger partial charge on any atom is -0.509 e. The van der Waals surface area contributed by atoms with Gasteiger partial charge in [0.1, 0.15) is 11.6 Å². The van der Waals surface area contributed by atoms with Crippen molar-refractivity contribution in [2.45, 2.75) is 51.0 Å². The molecule has 3 fully saturated rings. The summed E-state index contributed by atoms with van der Waals surface area (Å²) >= 11 is 0. The van der Waals surface area contributed by atoms with E-state index in [1.807, 2.05) is 36.7 Å². The van der Waals surface area contributed by atoms with Crippen LogP contribution in [0.1, 0.15) is 45.6 Å². The van der Waals surface area contributed by atoms with E-state index in [0.29, 0.717) is 11.5 Å². The molecular weight excluding hydrogens is 738 g/mol. The Morgan fingerprint density at radius 2 is 1.67 bits per heavy atom. The Hall–Kier alpha value is -4.15. The maximum absolute atomic E-state index is 6.45. The Bertz CT molecular complexity index is 2080. The Morgan fingerprint density at radius 1 is 0.844 bits per heavy atom. The number of benzene rings is 3. The summed E-state index contributed by atoms with van der Waals surface area (Å²) in [5.74, 6) is 3.96. The van der Waals surface area contributed by atoms with Crippen molar-refractivity contribution in [3.05, 3.63) is 116 Å². The summed E-state index contributed by atoms with van der Waals surface area (Å²) in [7, 11) is 0.